The minimum atomic E-state index is -0.871. The molecule has 0 unspecified atom stereocenters. The van der Waals surface area contributed by atoms with Crippen LogP contribution in [0.25, 0.3) is 11.0 Å². The number of H-pyrrole nitrogens is 1. The lowest BCUT2D eigenvalue weighted by molar-refractivity contribution is 0.428. The molecule has 1 aromatic heterocycles. The van der Waals surface area contributed by atoms with Gasteiger partial charge in [-0.1, -0.05) is 12.8 Å². The molecular weight excluding hydrogens is 236 g/mol. The summed E-state index contributed by atoms with van der Waals surface area (Å²) in [5, 5.41) is 0. The fourth-order valence-corrected chi connectivity index (χ4v) is 2.73. The maximum absolute atomic E-state index is 13.1. The van der Waals surface area contributed by atoms with Crippen LogP contribution in [0.3, 0.4) is 0 Å². The van der Waals surface area contributed by atoms with Crippen molar-refractivity contribution in [1.82, 2.24) is 9.97 Å². The highest BCUT2D eigenvalue weighted by Crippen LogP contribution is 2.30. The number of hydrogen-bond donors (Lipinski definition) is 2. The Bertz CT molecular complexity index is 546. The first-order chi connectivity index (χ1) is 8.56. The molecule has 0 bridgehead atoms. The molecule has 1 aliphatic carbocycles. The normalized spacial score (nSPS) is 18.6. The quantitative estimate of drug-likeness (QED) is 0.862. The van der Waals surface area contributed by atoms with E-state index < -0.39 is 11.6 Å². The van der Waals surface area contributed by atoms with Gasteiger partial charge in [0, 0.05) is 24.1 Å². The molecule has 0 radical (unpaired) electrons. The number of halogens is 2. The van der Waals surface area contributed by atoms with Gasteiger partial charge in [-0.05, 0) is 12.8 Å². The topological polar surface area (TPSA) is 54.7 Å². The largest absolute Gasteiger partial charge is 0.342 e. The smallest absolute Gasteiger partial charge is 0.161 e. The van der Waals surface area contributed by atoms with E-state index in [0.29, 0.717) is 23.3 Å². The first-order valence-electron chi connectivity index (χ1n) is 6.18. The van der Waals surface area contributed by atoms with Crippen molar-refractivity contribution >= 4 is 11.0 Å². The summed E-state index contributed by atoms with van der Waals surface area (Å²) >= 11 is 0. The SMILES string of the molecule is NC1(Cc2nc3cc(F)c(F)cc3[nH]2)CCCC1. The van der Waals surface area contributed by atoms with Gasteiger partial charge in [-0.2, -0.15) is 0 Å². The van der Waals surface area contributed by atoms with Crippen LogP contribution in [0, 0.1) is 11.6 Å². The molecule has 0 aliphatic heterocycles. The highest BCUT2D eigenvalue weighted by Gasteiger charge is 2.30. The Hall–Kier alpha value is -1.49. The molecule has 1 aliphatic rings. The van der Waals surface area contributed by atoms with Crippen molar-refractivity contribution in [2.24, 2.45) is 5.73 Å². The van der Waals surface area contributed by atoms with E-state index in [1.807, 2.05) is 0 Å². The van der Waals surface area contributed by atoms with Crippen LogP contribution < -0.4 is 5.73 Å². The minimum Gasteiger partial charge on any atom is -0.342 e. The zero-order valence-corrected chi connectivity index (χ0v) is 9.97. The molecular formula is C13H15F2N3. The second kappa shape index (κ2) is 4.02. The summed E-state index contributed by atoms with van der Waals surface area (Å²) in [5.41, 5.74) is 7.02. The summed E-state index contributed by atoms with van der Waals surface area (Å²) in [7, 11) is 0. The summed E-state index contributed by atoms with van der Waals surface area (Å²) in [4.78, 5) is 7.30. The van der Waals surface area contributed by atoms with Crippen molar-refractivity contribution in [3.63, 3.8) is 0 Å². The predicted octanol–water partition coefficient (Wildman–Crippen LogP) is 2.66. The van der Waals surface area contributed by atoms with E-state index in [4.69, 9.17) is 5.73 Å². The summed E-state index contributed by atoms with van der Waals surface area (Å²) < 4.78 is 26.2. The van der Waals surface area contributed by atoms with Crippen LogP contribution in [0.1, 0.15) is 31.5 Å². The summed E-state index contributed by atoms with van der Waals surface area (Å²) in [6, 6.07) is 2.25. The Balaban J connectivity index is 1.93. The number of rotatable bonds is 2. The number of benzene rings is 1. The number of aromatic amines is 1. The van der Waals surface area contributed by atoms with Crippen molar-refractivity contribution in [1.29, 1.82) is 0 Å². The van der Waals surface area contributed by atoms with Crippen LogP contribution in [-0.2, 0) is 6.42 Å². The van der Waals surface area contributed by atoms with E-state index in [0.717, 1.165) is 37.8 Å². The molecule has 2 aromatic rings. The van der Waals surface area contributed by atoms with Gasteiger partial charge in [-0.25, -0.2) is 13.8 Å². The summed E-state index contributed by atoms with van der Waals surface area (Å²) in [6.45, 7) is 0. The molecule has 1 heterocycles. The molecule has 3 nitrogen and oxygen atoms in total. The predicted molar refractivity (Wildman–Crippen MR) is 65.1 cm³/mol. The number of nitrogens with one attached hydrogen (secondary N) is 1. The van der Waals surface area contributed by atoms with E-state index in [2.05, 4.69) is 9.97 Å². The third kappa shape index (κ3) is 1.99. The van der Waals surface area contributed by atoms with Crippen molar-refractivity contribution < 1.29 is 8.78 Å². The number of nitrogens with zero attached hydrogens (tertiary/aromatic N) is 1. The highest BCUT2D eigenvalue weighted by molar-refractivity contribution is 5.75. The Morgan fingerprint density at radius 1 is 1.22 bits per heavy atom. The molecule has 3 N–H and O–H groups in total. The van der Waals surface area contributed by atoms with Crippen LogP contribution >= 0.6 is 0 Å². The molecule has 96 valence electrons. The fourth-order valence-electron chi connectivity index (χ4n) is 2.73. The van der Waals surface area contributed by atoms with Crippen molar-refractivity contribution in [3.8, 4) is 0 Å². The lowest BCUT2D eigenvalue weighted by Gasteiger charge is -2.21. The standard InChI is InChI=1S/C13H15F2N3/c14-8-5-10-11(6-9(8)15)18-12(17-10)7-13(16)3-1-2-4-13/h5-6H,1-4,7,16H2,(H,17,18). The van der Waals surface area contributed by atoms with Gasteiger partial charge < -0.3 is 10.7 Å². The average molecular weight is 251 g/mol. The Morgan fingerprint density at radius 2 is 1.89 bits per heavy atom. The van der Waals surface area contributed by atoms with Gasteiger partial charge in [0.1, 0.15) is 5.82 Å². The van der Waals surface area contributed by atoms with E-state index in [9.17, 15) is 8.78 Å². The van der Waals surface area contributed by atoms with Gasteiger partial charge in [0.2, 0.25) is 0 Å². The van der Waals surface area contributed by atoms with Crippen molar-refractivity contribution in [3.05, 3.63) is 29.6 Å². The van der Waals surface area contributed by atoms with Crippen LogP contribution in [0.5, 0.6) is 0 Å². The van der Waals surface area contributed by atoms with E-state index in [-0.39, 0.29) is 5.54 Å². The van der Waals surface area contributed by atoms with Crippen molar-refractivity contribution in [2.45, 2.75) is 37.6 Å². The number of imidazole rings is 1. The molecule has 3 rings (SSSR count). The number of aromatic nitrogens is 2. The number of nitrogens with two attached hydrogens (primary N) is 1. The lowest BCUT2D eigenvalue weighted by atomic mass is 9.94. The first kappa shape index (κ1) is 11.6. The molecule has 1 fully saturated rings. The maximum atomic E-state index is 13.1. The molecule has 1 aromatic carbocycles. The number of fused-ring (bicyclic) bond motifs is 1. The minimum absolute atomic E-state index is 0.217. The Morgan fingerprint density at radius 3 is 2.61 bits per heavy atom. The molecule has 1 saturated carbocycles. The van der Waals surface area contributed by atoms with Crippen LogP contribution in [0.2, 0.25) is 0 Å². The summed E-state index contributed by atoms with van der Waals surface area (Å²) in [6.07, 6.45) is 4.87. The second-order valence-electron chi connectivity index (χ2n) is 5.21. The summed E-state index contributed by atoms with van der Waals surface area (Å²) in [5.74, 6) is -1.02. The van der Waals surface area contributed by atoms with Crippen molar-refractivity contribution in [2.75, 3.05) is 0 Å². The van der Waals surface area contributed by atoms with Crippen LogP contribution in [0.4, 0.5) is 8.78 Å². The Labute approximate surface area is 103 Å². The maximum Gasteiger partial charge on any atom is 0.161 e. The molecule has 0 amide bonds. The molecule has 18 heavy (non-hydrogen) atoms. The lowest BCUT2D eigenvalue weighted by Crippen LogP contribution is -2.39. The van der Waals surface area contributed by atoms with Crippen LogP contribution in [0.15, 0.2) is 12.1 Å². The monoisotopic (exact) mass is 251 g/mol. The average Bonchev–Trinajstić information content (AvgIpc) is 2.86. The van der Waals surface area contributed by atoms with Gasteiger partial charge in [0.25, 0.3) is 0 Å². The first-order valence-corrected chi connectivity index (χ1v) is 6.18. The van der Waals surface area contributed by atoms with E-state index in [1.165, 1.54) is 0 Å². The number of hydrogen-bond acceptors (Lipinski definition) is 2. The third-order valence-corrected chi connectivity index (χ3v) is 3.69. The van der Waals surface area contributed by atoms with Gasteiger partial charge in [0.15, 0.2) is 11.6 Å². The van der Waals surface area contributed by atoms with Gasteiger partial charge in [-0.15, -0.1) is 0 Å². The third-order valence-electron chi connectivity index (χ3n) is 3.69. The van der Waals surface area contributed by atoms with Crippen LogP contribution in [-0.4, -0.2) is 15.5 Å². The molecule has 5 heteroatoms. The van der Waals surface area contributed by atoms with Gasteiger partial charge in [-0.3, -0.25) is 0 Å². The van der Waals surface area contributed by atoms with Gasteiger partial charge >= 0.3 is 0 Å². The molecule has 0 spiro atoms. The molecule has 0 atom stereocenters. The molecule has 0 saturated heterocycles. The fraction of sp³-hybridized carbons (Fsp3) is 0.462. The van der Waals surface area contributed by atoms with Gasteiger partial charge in [0.05, 0.1) is 11.0 Å². The second-order valence-corrected chi connectivity index (χ2v) is 5.21. The Kier molecular flexibility index (Phi) is 2.59. The zero-order valence-electron chi connectivity index (χ0n) is 9.97. The van der Waals surface area contributed by atoms with E-state index >= 15 is 0 Å². The highest BCUT2D eigenvalue weighted by atomic mass is 19.2. The zero-order chi connectivity index (χ0) is 12.8. The van der Waals surface area contributed by atoms with E-state index in [1.54, 1.807) is 0 Å².